The Balaban J connectivity index is 1.46. The third kappa shape index (κ3) is 5.94. The summed E-state index contributed by atoms with van der Waals surface area (Å²) in [5, 5.41) is 5.63. The van der Waals surface area contributed by atoms with Gasteiger partial charge in [-0.15, -0.1) is 0 Å². The highest BCUT2D eigenvalue weighted by Crippen LogP contribution is 2.28. The smallest absolute Gasteiger partial charge is 0.251 e. The Morgan fingerprint density at radius 1 is 1.06 bits per heavy atom. The standard InChI is InChI=1S/C25H31N3O3/c1-18(16-25(2,3)20-8-5-4-6-9-20)27-22(29)17-26-24(31)19-11-13-21(14-12-19)28-15-7-10-23(28)30/h4-6,8-9,11-14,18H,7,10,15-17H2,1-3H3,(H,26,31)(H,27,29). The van der Waals surface area contributed by atoms with Gasteiger partial charge in [-0.1, -0.05) is 44.2 Å². The van der Waals surface area contributed by atoms with E-state index in [9.17, 15) is 14.4 Å². The SMILES string of the molecule is CC(CC(C)(C)c1ccccc1)NC(=O)CNC(=O)c1ccc(N2CCCC2=O)cc1. The molecule has 1 saturated heterocycles. The van der Waals surface area contributed by atoms with Crippen LogP contribution in [0.5, 0.6) is 0 Å². The first-order chi connectivity index (χ1) is 14.8. The number of hydrogen-bond donors (Lipinski definition) is 2. The van der Waals surface area contributed by atoms with Gasteiger partial charge in [-0.25, -0.2) is 0 Å². The monoisotopic (exact) mass is 421 g/mol. The van der Waals surface area contributed by atoms with E-state index >= 15 is 0 Å². The number of benzene rings is 2. The zero-order chi connectivity index (χ0) is 22.4. The predicted octanol–water partition coefficient (Wildman–Crippen LogP) is 3.42. The van der Waals surface area contributed by atoms with Crippen molar-refractivity contribution in [2.75, 3.05) is 18.0 Å². The second-order valence-corrected chi connectivity index (χ2v) is 8.80. The van der Waals surface area contributed by atoms with E-state index in [4.69, 9.17) is 0 Å². The Morgan fingerprint density at radius 2 is 1.74 bits per heavy atom. The fourth-order valence-electron chi connectivity index (χ4n) is 4.13. The molecule has 31 heavy (non-hydrogen) atoms. The maximum absolute atomic E-state index is 12.4. The lowest BCUT2D eigenvalue weighted by Crippen LogP contribution is -2.42. The molecule has 3 amide bonds. The molecule has 1 atom stereocenters. The minimum Gasteiger partial charge on any atom is -0.352 e. The summed E-state index contributed by atoms with van der Waals surface area (Å²) in [4.78, 5) is 38.2. The van der Waals surface area contributed by atoms with Gasteiger partial charge in [0.1, 0.15) is 0 Å². The van der Waals surface area contributed by atoms with Gasteiger partial charge >= 0.3 is 0 Å². The summed E-state index contributed by atoms with van der Waals surface area (Å²) < 4.78 is 0. The highest BCUT2D eigenvalue weighted by molar-refractivity contribution is 5.98. The summed E-state index contributed by atoms with van der Waals surface area (Å²) in [6.07, 6.45) is 2.21. The number of carbonyl (C=O) groups excluding carboxylic acids is 3. The third-order valence-corrected chi connectivity index (χ3v) is 5.70. The second-order valence-electron chi connectivity index (χ2n) is 8.80. The van der Waals surface area contributed by atoms with Crippen molar-refractivity contribution in [3.05, 3.63) is 65.7 Å². The molecule has 1 fully saturated rings. The van der Waals surface area contributed by atoms with Crippen LogP contribution in [-0.4, -0.2) is 36.9 Å². The van der Waals surface area contributed by atoms with Crippen molar-refractivity contribution in [1.82, 2.24) is 10.6 Å². The van der Waals surface area contributed by atoms with Crippen molar-refractivity contribution in [3.8, 4) is 0 Å². The highest BCUT2D eigenvalue weighted by atomic mass is 16.2. The van der Waals surface area contributed by atoms with Crippen molar-refractivity contribution < 1.29 is 14.4 Å². The van der Waals surface area contributed by atoms with Crippen LogP contribution in [-0.2, 0) is 15.0 Å². The average Bonchev–Trinajstić information content (AvgIpc) is 3.18. The van der Waals surface area contributed by atoms with Crippen LogP contribution in [0.25, 0.3) is 0 Å². The second kappa shape index (κ2) is 9.77. The quantitative estimate of drug-likeness (QED) is 0.686. The van der Waals surface area contributed by atoms with Gasteiger partial charge in [0, 0.05) is 30.3 Å². The van der Waals surface area contributed by atoms with Gasteiger partial charge in [0.2, 0.25) is 11.8 Å². The molecule has 6 nitrogen and oxygen atoms in total. The molecule has 3 rings (SSSR count). The largest absolute Gasteiger partial charge is 0.352 e. The maximum atomic E-state index is 12.4. The van der Waals surface area contributed by atoms with Crippen molar-refractivity contribution in [2.24, 2.45) is 0 Å². The third-order valence-electron chi connectivity index (χ3n) is 5.70. The average molecular weight is 422 g/mol. The van der Waals surface area contributed by atoms with E-state index in [1.807, 2.05) is 25.1 Å². The summed E-state index contributed by atoms with van der Waals surface area (Å²) in [6, 6.07) is 17.1. The van der Waals surface area contributed by atoms with E-state index in [2.05, 4.69) is 36.6 Å². The number of nitrogens with one attached hydrogen (secondary N) is 2. The molecule has 1 aliphatic heterocycles. The molecule has 0 aromatic heterocycles. The fraction of sp³-hybridized carbons (Fsp3) is 0.400. The van der Waals surface area contributed by atoms with Crippen LogP contribution in [0.15, 0.2) is 54.6 Å². The number of amides is 3. The Bertz CT molecular complexity index is 923. The molecule has 1 heterocycles. The molecular weight excluding hydrogens is 390 g/mol. The fourth-order valence-corrected chi connectivity index (χ4v) is 4.13. The van der Waals surface area contributed by atoms with Crippen LogP contribution in [0, 0.1) is 0 Å². The molecule has 0 saturated carbocycles. The minimum absolute atomic E-state index is 0.0307. The van der Waals surface area contributed by atoms with Gasteiger partial charge in [0.05, 0.1) is 6.54 Å². The maximum Gasteiger partial charge on any atom is 0.251 e. The summed E-state index contributed by atoms with van der Waals surface area (Å²) in [7, 11) is 0. The Kier molecular flexibility index (Phi) is 7.10. The first-order valence-electron chi connectivity index (χ1n) is 10.8. The summed E-state index contributed by atoms with van der Waals surface area (Å²) >= 11 is 0. The van der Waals surface area contributed by atoms with Gasteiger partial charge in [-0.05, 0) is 55.0 Å². The van der Waals surface area contributed by atoms with E-state index < -0.39 is 0 Å². The van der Waals surface area contributed by atoms with Crippen LogP contribution >= 0.6 is 0 Å². The Morgan fingerprint density at radius 3 is 2.35 bits per heavy atom. The zero-order valence-corrected chi connectivity index (χ0v) is 18.5. The van der Waals surface area contributed by atoms with Crippen LogP contribution in [0.3, 0.4) is 0 Å². The molecular formula is C25H31N3O3. The van der Waals surface area contributed by atoms with E-state index in [-0.39, 0.29) is 35.7 Å². The first-order valence-corrected chi connectivity index (χ1v) is 10.8. The molecule has 0 spiro atoms. The van der Waals surface area contributed by atoms with Crippen molar-refractivity contribution >= 4 is 23.4 Å². The number of carbonyl (C=O) groups is 3. The molecule has 1 unspecified atom stereocenters. The highest BCUT2D eigenvalue weighted by Gasteiger charge is 2.24. The van der Waals surface area contributed by atoms with Gasteiger partial charge in [-0.3, -0.25) is 14.4 Å². The summed E-state index contributed by atoms with van der Waals surface area (Å²) in [5.41, 5.74) is 2.41. The molecule has 6 heteroatoms. The Hall–Kier alpha value is -3.15. The molecule has 2 N–H and O–H groups in total. The van der Waals surface area contributed by atoms with Crippen molar-refractivity contribution in [1.29, 1.82) is 0 Å². The molecule has 1 aliphatic rings. The van der Waals surface area contributed by atoms with Crippen molar-refractivity contribution in [2.45, 2.75) is 51.5 Å². The predicted molar refractivity (Wildman–Crippen MR) is 122 cm³/mol. The lowest BCUT2D eigenvalue weighted by Gasteiger charge is -2.29. The van der Waals surface area contributed by atoms with E-state index in [1.54, 1.807) is 29.2 Å². The molecule has 0 aliphatic carbocycles. The van der Waals surface area contributed by atoms with E-state index in [0.29, 0.717) is 18.5 Å². The zero-order valence-electron chi connectivity index (χ0n) is 18.5. The van der Waals surface area contributed by atoms with Crippen LogP contribution in [0.1, 0.15) is 56.0 Å². The van der Waals surface area contributed by atoms with Gasteiger partial charge in [0.25, 0.3) is 5.91 Å². The topological polar surface area (TPSA) is 78.5 Å². The molecule has 0 bridgehead atoms. The van der Waals surface area contributed by atoms with Crippen molar-refractivity contribution in [3.63, 3.8) is 0 Å². The normalized spacial score (nSPS) is 14.9. The number of anilines is 1. The summed E-state index contributed by atoms with van der Waals surface area (Å²) in [6.45, 7) is 6.92. The molecule has 164 valence electrons. The number of nitrogens with zero attached hydrogens (tertiary/aromatic N) is 1. The van der Waals surface area contributed by atoms with Crippen LogP contribution in [0.2, 0.25) is 0 Å². The van der Waals surface area contributed by atoms with E-state index in [0.717, 1.165) is 18.5 Å². The molecule has 2 aromatic carbocycles. The summed E-state index contributed by atoms with van der Waals surface area (Å²) in [5.74, 6) is -0.422. The number of rotatable bonds is 8. The van der Waals surface area contributed by atoms with Gasteiger partial charge in [0.15, 0.2) is 0 Å². The lowest BCUT2D eigenvalue weighted by atomic mass is 9.79. The first kappa shape index (κ1) is 22.5. The van der Waals surface area contributed by atoms with E-state index in [1.165, 1.54) is 5.56 Å². The molecule has 0 radical (unpaired) electrons. The molecule has 2 aromatic rings. The van der Waals surface area contributed by atoms with Gasteiger partial charge in [-0.2, -0.15) is 0 Å². The minimum atomic E-state index is -0.313. The lowest BCUT2D eigenvalue weighted by molar-refractivity contribution is -0.121. The Labute approximate surface area is 184 Å². The van der Waals surface area contributed by atoms with Crippen LogP contribution < -0.4 is 15.5 Å². The van der Waals surface area contributed by atoms with Gasteiger partial charge < -0.3 is 15.5 Å². The van der Waals surface area contributed by atoms with Crippen LogP contribution in [0.4, 0.5) is 5.69 Å². The number of hydrogen-bond acceptors (Lipinski definition) is 3.